The summed E-state index contributed by atoms with van der Waals surface area (Å²) in [6.07, 6.45) is 2.57. The zero-order valence-corrected chi connectivity index (χ0v) is 7.52. The number of rotatable bonds is 1. The Morgan fingerprint density at radius 3 is 2.64 bits per heavy atom. The van der Waals surface area contributed by atoms with Crippen molar-refractivity contribution in [2.24, 2.45) is 16.1 Å². The standard InChI is InChI=1S/C7H13N3.ClH/c1-7(9-10-7)6-3-2-4-8-5-6;/h6,8H,2-5H2,1H3;1H. The number of nitrogens with zero attached hydrogens (tertiary/aromatic N) is 2. The summed E-state index contributed by atoms with van der Waals surface area (Å²) >= 11 is 0. The molecule has 0 radical (unpaired) electrons. The highest BCUT2D eigenvalue weighted by Crippen LogP contribution is 2.38. The molecule has 1 saturated heterocycles. The van der Waals surface area contributed by atoms with E-state index in [1.165, 1.54) is 19.4 Å². The molecule has 2 heterocycles. The van der Waals surface area contributed by atoms with E-state index in [-0.39, 0.29) is 18.1 Å². The number of piperidine rings is 1. The zero-order chi connectivity index (χ0) is 7.03. The van der Waals surface area contributed by atoms with E-state index < -0.39 is 0 Å². The van der Waals surface area contributed by atoms with Gasteiger partial charge in [0.25, 0.3) is 0 Å². The highest BCUT2D eigenvalue weighted by atomic mass is 35.5. The fourth-order valence-corrected chi connectivity index (χ4v) is 1.56. The maximum Gasteiger partial charge on any atom is 0.192 e. The van der Waals surface area contributed by atoms with Gasteiger partial charge >= 0.3 is 0 Å². The molecule has 0 aromatic heterocycles. The number of nitrogens with one attached hydrogen (secondary N) is 1. The van der Waals surface area contributed by atoms with Crippen molar-refractivity contribution in [2.75, 3.05) is 13.1 Å². The Hall–Kier alpha value is -0.150. The van der Waals surface area contributed by atoms with Crippen molar-refractivity contribution in [3.63, 3.8) is 0 Å². The Bertz CT molecular complexity index is 157. The Morgan fingerprint density at radius 1 is 1.45 bits per heavy atom. The average Bonchev–Trinajstić information content (AvgIpc) is 2.72. The van der Waals surface area contributed by atoms with Gasteiger partial charge < -0.3 is 5.32 Å². The van der Waals surface area contributed by atoms with Crippen molar-refractivity contribution in [1.82, 2.24) is 5.32 Å². The molecule has 0 saturated carbocycles. The van der Waals surface area contributed by atoms with Gasteiger partial charge in [-0.2, -0.15) is 10.2 Å². The van der Waals surface area contributed by atoms with Crippen LogP contribution in [0.3, 0.4) is 0 Å². The molecule has 1 atom stereocenters. The smallest absolute Gasteiger partial charge is 0.192 e. The normalized spacial score (nSPS) is 32.6. The van der Waals surface area contributed by atoms with Crippen LogP contribution < -0.4 is 5.32 Å². The molecule has 0 amide bonds. The van der Waals surface area contributed by atoms with E-state index in [2.05, 4.69) is 22.5 Å². The largest absolute Gasteiger partial charge is 0.316 e. The molecule has 11 heavy (non-hydrogen) atoms. The summed E-state index contributed by atoms with van der Waals surface area (Å²) in [5.41, 5.74) is 0.00736. The highest BCUT2D eigenvalue weighted by molar-refractivity contribution is 5.85. The minimum Gasteiger partial charge on any atom is -0.316 e. The topological polar surface area (TPSA) is 36.8 Å². The molecule has 0 aromatic rings. The monoisotopic (exact) mass is 175 g/mol. The third-order valence-corrected chi connectivity index (χ3v) is 2.49. The number of hydrogen-bond acceptors (Lipinski definition) is 3. The lowest BCUT2D eigenvalue weighted by Crippen LogP contribution is -2.37. The van der Waals surface area contributed by atoms with Crippen LogP contribution in [-0.4, -0.2) is 18.8 Å². The number of hydrogen-bond donors (Lipinski definition) is 1. The SMILES string of the molecule is CC1(C2CCCNC2)N=N1.Cl. The fourth-order valence-electron chi connectivity index (χ4n) is 1.56. The van der Waals surface area contributed by atoms with E-state index in [4.69, 9.17) is 0 Å². The minimum atomic E-state index is 0. The van der Waals surface area contributed by atoms with Gasteiger partial charge in [-0.25, -0.2) is 0 Å². The van der Waals surface area contributed by atoms with Gasteiger partial charge in [0.2, 0.25) is 0 Å². The quantitative estimate of drug-likeness (QED) is 0.646. The van der Waals surface area contributed by atoms with Crippen LogP contribution in [0.15, 0.2) is 10.2 Å². The summed E-state index contributed by atoms with van der Waals surface area (Å²) in [5.74, 6) is 0.668. The van der Waals surface area contributed by atoms with E-state index in [0.29, 0.717) is 5.92 Å². The van der Waals surface area contributed by atoms with E-state index in [9.17, 15) is 0 Å². The lowest BCUT2D eigenvalue weighted by atomic mass is 9.90. The highest BCUT2D eigenvalue weighted by Gasteiger charge is 2.42. The van der Waals surface area contributed by atoms with Crippen molar-refractivity contribution < 1.29 is 0 Å². The molecule has 2 aliphatic rings. The molecule has 3 nitrogen and oxygen atoms in total. The maximum atomic E-state index is 4.04. The molecule has 1 fully saturated rings. The summed E-state index contributed by atoms with van der Waals surface area (Å²) in [6.45, 7) is 4.39. The van der Waals surface area contributed by atoms with Gasteiger partial charge in [-0.3, -0.25) is 0 Å². The van der Waals surface area contributed by atoms with Crippen LogP contribution in [-0.2, 0) is 0 Å². The van der Waals surface area contributed by atoms with Crippen molar-refractivity contribution in [1.29, 1.82) is 0 Å². The molecule has 0 aliphatic carbocycles. The predicted molar refractivity (Wildman–Crippen MR) is 46.1 cm³/mol. The molecular formula is C7H14ClN3. The first-order chi connectivity index (χ1) is 4.81. The third kappa shape index (κ3) is 1.71. The van der Waals surface area contributed by atoms with Gasteiger partial charge in [-0.1, -0.05) is 0 Å². The van der Waals surface area contributed by atoms with Crippen LogP contribution >= 0.6 is 12.4 Å². The van der Waals surface area contributed by atoms with Crippen LogP contribution in [0, 0.1) is 5.92 Å². The molecule has 4 heteroatoms. The Kier molecular flexibility index (Phi) is 2.50. The first-order valence-electron chi connectivity index (χ1n) is 3.96. The molecule has 0 bridgehead atoms. The second kappa shape index (κ2) is 3.07. The van der Waals surface area contributed by atoms with Gasteiger partial charge in [0.05, 0.1) is 0 Å². The second-order valence-electron chi connectivity index (χ2n) is 3.34. The minimum absolute atomic E-state index is 0. The molecule has 0 spiro atoms. The summed E-state index contributed by atoms with van der Waals surface area (Å²) < 4.78 is 0. The predicted octanol–water partition coefficient (Wildman–Crippen LogP) is 1.59. The average molecular weight is 176 g/mol. The molecule has 2 rings (SSSR count). The van der Waals surface area contributed by atoms with Crippen LogP contribution in [0.5, 0.6) is 0 Å². The van der Waals surface area contributed by atoms with E-state index in [1.54, 1.807) is 0 Å². The summed E-state index contributed by atoms with van der Waals surface area (Å²) in [4.78, 5) is 0. The van der Waals surface area contributed by atoms with Crippen LogP contribution in [0.1, 0.15) is 19.8 Å². The Labute approximate surface area is 73.1 Å². The molecule has 64 valence electrons. The van der Waals surface area contributed by atoms with Gasteiger partial charge in [0.15, 0.2) is 5.66 Å². The van der Waals surface area contributed by atoms with Crippen LogP contribution in [0.4, 0.5) is 0 Å². The van der Waals surface area contributed by atoms with E-state index in [1.807, 2.05) is 0 Å². The first-order valence-corrected chi connectivity index (χ1v) is 3.96. The zero-order valence-electron chi connectivity index (χ0n) is 6.71. The summed E-state index contributed by atoms with van der Waals surface area (Å²) in [6, 6.07) is 0. The van der Waals surface area contributed by atoms with Gasteiger partial charge in [-0.05, 0) is 26.3 Å². The Balaban J connectivity index is 0.000000605. The van der Waals surface area contributed by atoms with E-state index in [0.717, 1.165) is 6.54 Å². The van der Waals surface area contributed by atoms with Gasteiger partial charge in [0.1, 0.15) is 0 Å². The molecule has 0 aromatic carbocycles. The van der Waals surface area contributed by atoms with Crippen LogP contribution in [0.2, 0.25) is 0 Å². The summed E-state index contributed by atoms with van der Waals surface area (Å²) in [5, 5.41) is 11.4. The van der Waals surface area contributed by atoms with Gasteiger partial charge in [-0.15, -0.1) is 12.4 Å². The lowest BCUT2D eigenvalue weighted by molar-refractivity contribution is 0.305. The first kappa shape index (κ1) is 8.94. The second-order valence-corrected chi connectivity index (χ2v) is 3.34. The van der Waals surface area contributed by atoms with Crippen molar-refractivity contribution in [3.8, 4) is 0 Å². The maximum absolute atomic E-state index is 4.04. The number of halogens is 1. The summed E-state index contributed by atoms with van der Waals surface area (Å²) in [7, 11) is 0. The van der Waals surface area contributed by atoms with Crippen molar-refractivity contribution >= 4 is 12.4 Å². The van der Waals surface area contributed by atoms with Crippen molar-refractivity contribution in [3.05, 3.63) is 0 Å². The van der Waals surface area contributed by atoms with Crippen molar-refractivity contribution in [2.45, 2.75) is 25.4 Å². The Morgan fingerprint density at radius 2 is 2.18 bits per heavy atom. The molecular weight excluding hydrogens is 162 g/mol. The molecule has 2 aliphatic heterocycles. The molecule has 1 unspecified atom stereocenters. The fraction of sp³-hybridized carbons (Fsp3) is 1.00. The van der Waals surface area contributed by atoms with Crippen LogP contribution in [0.25, 0.3) is 0 Å². The molecule has 1 N–H and O–H groups in total. The van der Waals surface area contributed by atoms with E-state index >= 15 is 0 Å². The third-order valence-electron chi connectivity index (χ3n) is 2.49. The van der Waals surface area contributed by atoms with Gasteiger partial charge in [0, 0.05) is 12.5 Å². The lowest BCUT2D eigenvalue weighted by Gasteiger charge is -2.24.